The number of methoxy groups -OCH3 is 2. The van der Waals surface area contributed by atoms with E-state index in [0.717, 1.165) is 22.6 Å². The number of nitrogens with zero attached hydrogens (tertiary/aromatic N) is 1. The molecule has 2 rings (SSSR count). The summed E-state index contributed by atoms with van der Waals surface area (Å²) in [5.74, 6) is 0.470. The van der Waals surface area contributed by atoms with E-state index >= 15 is 0 Å². The summed E-state index contributed by atoms with van der Waals surface area (Å²) in [6.45, 7) is 8.66. The second-order valence-electron chi connectivity index (χ2n) is 6.29. The molecule has 2 aromatic rings. The fraction of sp³-hybridized carbons (Fsp3) is 0.318. The monoisotopic (exact) mass is 353 g/mol. The molecular formula is C22H27NO3. The Balaban J connectivity index is 2.69. The van der Waals surface area contributed by atoms with Crippen molar-refractivity contribution in [3.8, 4) is 5.75 Å². The lowest BCUT2D eigenvalue weighted by molar-refractivity contribution is -0.147. The van der Waals surface area contributed by atoms with Gasteiger partial charge in [-0.15, -0.1) is 6.58 Å². The Labute approximate surface area is 156 Å². The van der Waals surface area contributed by atoms with Crippen LogP contribution in [0.15, 0.2) is 66.7 Å². The van der Waals surface area contributed by atoms with E-state index in [1.54, 1.807) is 7.11 Å². The second kappa shape index (κ2) is 8.56. The van der Waals surface area contributed by atoms with Crippen LogP contribution in [-0.2, 0) is 15.1 Å². The van der Waals surface area contributed by atoms with E-state index in [0.29, 0.717) is 13.0 Å². The number of carbonyl (C=O) groups is 1. The van der Waals surface area contributed by atoms with Gasteiger partial charge in [-0.3, -0.25) is 0 Å². The van der Waals surface area contributed by atoms with Gasteiger partial charge in [-0.25, -0.2) is 4.79 Å². The highest BCUT2D eigenvalue weighted by atomic mass is 16.5. The molecule has 1 unspecified atom stereocenters. The molecule has 0 saturated carbocycles. The smallest absolute Gasteiger partial charge is 0.336 e. The van der Waals surface area contributed by atoms with Crippen LogP contribution in [0.2, 0.25) is 0 Å². The first kappa shape index (κ1) is 19.6. The van der Waals surface area contributed by atoms with Crippen molar-refractivity contribution < 1.29 is 14.3 Å². The molecule has 0 amide bonds. The Morgan fingerprint density at radius 2 is 1.69 bits per heavy atom. The molecule has 2 aromatic carbocycles. The Kier molecular flexibility index (Phi) is 6.45. The summed E-state index contributed by atoms with van der Waals surface area (Å²) in [5.41, 5.74) is 1.73. The van der Waals surface area contributed by atoms with E-state index in [9.17, 15) is 4.79 Å². The van der Waals surface area contributed by atoms with Gasteiger partial charge in [0.2, 0.25) is 0 Å². The highest BCUT2D eigenvalue weighted by Crippen LogP contribution is 2.39. The fourth-order valence-electron chi connectivity index (χ4n) is 3.41. The number of ether oxygens (including phenoxy) is 2. The van der Waals surface area contributed by atoms with Gasteiger partial charge in [0.1, 0.15) is 5.75 Å². The summed E-state index contributed by atoms with van der Waals surface area (Å²) in [5, 5.41) is 0. The molecule has 0 aromatic heterocycles. The Morgan fingerprint density at radius 1 is 1.08 bits per heavy atom. The van der Waals surface area contributed by atoms with E-state index in [4.69, 9.17) is 9.47 Å². The predicted octanol–water partition coefficient (Wildman–Crippen LogP) is 4.56. The van der Waals surface area contributed by atoms with Gasteiger partial charge in [-0.05, 0) is 43.7 Å². The van der Waals surface area contributed by atoms with Crippen molar-refractivity contribution in [2.24, 2.45) is 0 Å². The molecule has 0 radical (unpaired) electrons. The van der Waals surface area contributed by atoms with Crippen LogP contribution in [0.1, 0.15) is 25.8 Å². The molecule has 4 heteroatoms. The summed E-state index contributed by atoms with van der Waals surface area (Å²) in [6.07, 6.45) is 0.462. The zero-order chi connectivity index (χ0) is 19.2. The first-order chi connectivity index (χ1) is 12.5. The average molecular weight is 353 g/mol. The number of likely N-dealkylation sites (N-methyl/N-ethyl adjacent to an activating group) is 1. The third-order valence-corrected chi connectivity index (χ3v) is 4.49. The van der Waals surface area contributed by atoms with Crippen molar-refractivity contribution in [2.75, 3.05) is 25.7 Å². The minimum absolute atomic E-state index is 0.302. The number of carbonyl (C=O) groups excluding carboxylic acids is 1. The highest BCUT2D eigenvalue weighted by molar-refractivity contribution is 5.87. The van der Waals surface area contributed by atoms with Crippen LogP contribution in [0.4, 0.5) is 5.69 Å². The molecule has 0 saturated heterocycles. The highest BCUT2D eigenvalue weighted by Gasteiger charge is 2.46. The maximum atomic E-state index is 13.1. The van der Waals surface area contributed by atoms with Crippen LogP contribution < -0.4 is 9.64 Å². The molecule has 0 N–H and O–H groups in total. The summed E-state index contributed by atoms with van der Waals surface area (Å²) >= 11 is 0. The van der Waals surface area contributed by atoms with Crippen molar-refractivity contribution in [3.63, 3.8) is 0 Å². The van der Waals surface area contributed by atoms with Crippen LogP contribution in [0.5, 0.6) is 5.75 Å². The first-order valence-corrected chi connectivity index (χ1v) is 8.69. The van der Waals surface area contributed by atoms with E-state index in [1.807, 2.05) is 68.4 Å². The second-order valence-corrected chi connectivity index (χ2v) is 6.29. The summed E-state index contributed by atoms with van der Waals surface area (Å²) in [4.78, 5) is 15.2. The number of hydrogen-bond donors (Lipinski definition) is 0. The largest absolute Gasteiger partial charge is 0.497 e. The van der Waals surface area contributed by atoms with Crippen molar-refractivity contribution in [2.45, 2.75) is 25.8 Å². The van der Waals surface area contributed by atoms with Crippen molar-refractivity contribution >= 4 is 11.7 Å². The molecule has 0 fully saturated rings. The third-order valence-electron chi connectivity index (χ3n) is 4.49. The van der Waals surface area contributed by atoms with E-state index < -0.39 is 5.54 Å². The van der Waals surface area contributed by atoms with Gasteiger partial charge in [0.15, 0.2) is 5.54 Å². The van der Waals surface area contributed by atoms with Gasteiger partial charge in [-0.2, -0.15) is 0 Å². The zero-order valence-corrected chi connectivity index (χ0v) is 16.0. The maximum absolute atomic E-state index is 13.1. The summed E-state index contributed by atoms with van der Waals surface area (Å²) in [7, 11) is 3.07. The number of rotatable bonds is 8. The third kappa shape index (κ3) is 3.74. The molecule has 0 aliphatic heterocycles. The molecule has 26 heavy (non-hydrogen) atoms. The lowest BCUT2D eigenvalue weighted by atomic mass is 9.81. The van der Waals surface area contributed by atoms with E-state index in [1.165, 1.54) is 7.11 Å². The number of benzene rings is 2. The SMILES string of the molecule is C=C(C)CC(C(=O)OC)(c1ccccc1)N(CC)c1ccc(OC)cc1. The van der Waals surface area contributed by atoms with Crippen molar-refractivity contribution in [1.29, 1.82) is 0 Å². The van der Waals surface area contributed by atoms with Gasteiger partial charge >= 0.3 is 5.97 Å². The molecular weight excluding hydrogens is 326 g/mol. The number of anilines is 1. The van der Waals surface area contributed by atoms with Gasteiger partial charge in [0.05, 0.1) is 14.2 Å². The Bertz CT molecular complexity index is 740. The summed E-state index contributed by atoms with van der Waals surface area (Å²) < 4.78 is 10.5. The van der Waals surface area contributed by atoms with Crippen LogP contribution in [0, 0.1) is 0 Å². The van der Waals surface area contributed by atoms with Crippen LogP contribution >= 0.6 is 0 Å². The molecule has 1 atom stereocenters. The molecule has 0 aliphatic carbocycles. The van der Waals surface area contributed by atoms with Crippen LogP contribution in [-0.4, -0.2) is 26.7 Å². The lowest BCUT2D eigenvalue weighted by Gasteiger charge is -2.43. The normalized spacial score (nSPS) is 12.8. The fourth-order valence-corrected chi connectivity index (χ4v) is 3.41. The topological polar surface area (TPSA) is 38.8 Å². The van der Waals surface area contributed by atoms with Gasteiger partial charge in [-0.1, -0.05) is 35.9 Å². The van der Waals surface area contributed by atoms with E-state index in [-0.39, 0.29) is 5.97 Å². The van der Waals surface area contributed by atoms with Crippen LogP contribution in [0.25, 0.3) is 0 Å². The minimum Gasteiger partial charge on any atom is -0.497 e. The molecule has 0 aliphatic rings. The maximum Gasteiger partial charge on any atom is 0.336 e. The number of esters is 1. The minimum atomic E-state index is -0.981. The lowest BCUT2D eigenvalue weighted by Crippen LogP contribution is -2.53. The first-order valence-electron chi connectivity index (χ1n) is 8.69. The zero-order valence-electron chi connectivity index (χ0n) is 16.0. The van der Waals surface area contributed by atoms with Crippen LogP contribution in [0.3, 0.4) is 0 Å². The van der Waals surface area contributed by atoms with Crippen molar-refractivity contribution in [3.05, 3.63) is 72.3 Å². The van der Waals surface area contributed by atoms with E-state index in [2.05, 4.69) is 11.5 Å². The molecule has 138 valence electrons. The van der Waals surface area contributed by atoms with Gasteiger partial charge in [0.25, 0.3) is 0 Å². The molecule has 0 bridgehead atoms. The summed E-state index contributed by atoms with van der Waals surface area (Å²) in [6, 6.07) is 17.5. The molecule has 0 spiro atoms. The standard InChI is InChI=1S/C22H27NO3/c1-6-23(19-12-14-20(25-4)15-13-19)22(16-17(2)3,21(24)26-5)18-10-8-7-9-11-18/h7-15H,2,6,16H2,1,3-5H3. The quantitative estimate of drug-likeness (QED) is 0.515. The Hall–Kier alpha value is -2.75. The van der Waals surface area contributed by atoms with Gasteiger partial charge in [0, 0.05) is 18.7 Å². The molecule has 4 nitrogen and oxygen atoms in total. The average Bonchev–Trinajstić information content (AvgIpc) is 2.67. The predicted molar refractivity (Wildman–Crippen MR) is 106 cm³/mol. The molecule has 0 heterocycles. The number of hydrogen-bond acceptors (Lipinski definition) is 4. The van der Waals surface area contributed by atoms with Gasteiger partial charge < -0.3 is 14.4 Å². The Morgan fingerprint density at radius 3 is 2.15 bits per heavy atom. The van der Waals surface area contributed by atoms with Crippen molar-refractivity contribution in [1.82, 2.24) is 0 Å².